The number of hydrogen-bond donors (Lipinski definition) is 1. The number of rotatable bonds is 5. The normalized spacial score (nSPS) is 14.8. The fraction of sp³-hybridized carbons (Fsp3) is 0.696. The third-order valence-electron chi connectivity index (χ3n) is 5.08. The molecule has 26 heavy (non-hydrogen) atoms. The highest BCUT2D eigenvalue weighted by molar-refractivity contribution is 6.32. The number of carbonyl (C=O) groups is 1. The summed E-state index contributed by atoms with van der Waals surface area (Å²) in [4.78, 5) is 12.0. The molecule has 1 unspecified atom stereocenters. The van der Waals surface area contributed by atoms with Gasteiger partial charge in [-0.3, -0.25) is 4.79 Å². The molecule has 0 saturated heterocycles. The largest absolute Gasteiger partial charge is 0.390 e. The Kier molecular flexibility index (Phi) is 10.7. The van der Waals surface area contributed by atoms with Gasteiger partial charge in [0.15, 0.2) is 5.78 Å². The average Bonchev–Trinajstić information content (AvgIpc) is 3.42. The van der Waals surface area contributed by atoms with Crippen LogP contribution in [-0.2, 0) is 6.42 Å². The fourth-order valence-corrected chi connectivity index (χ4v) is 3.00. The molecule has 1 aromatic carbocycles. The SMILES string of the molecule is CC.CC(C1CC1)C(C)(C)O.CCc1ccc(Cl)c(C)c1C(=O)C(C)C. The van der Waals surface area contributed by atoms with Gasteiger partial charge in [-0.15, -0.1) is 0 Å². The van der Waals surface area contributed by atoms with E-state index in [-0.39, 0.29) is 11.7 Å². The van der Waals surface area contributed by atoms with Crippen LogP contribution >= 0.6 is 11.6 Å². The van der Waals surface area contributed by atoms with Crippen molar-refractivity contribution in [2.45, 2.75) is 87.2 Å². The lowest BCUT2D eigenvalue weighted by Gasteiger charge is -2.25. The molecule has 1 aromatic rings. The molecule has 150 valence electrons. The van der Waals surface area contributed by atoms with Crippen molar-refractivity contribution >= 4 is 17.4 Å². The van der Waals surface area contributed by atoms with Gasteiger partial charge in [0.2, 0.25) is 0 Å². The summed E-state index contributed by atoms with van der Waals surface area (Å²) >= 11 is 6.04. The molecule has 0 radical (unpaired) electrons. The van der Waals surface area contributed by atoms with Gasteiger partial charge >= 0.3 is 0 Å². The molecule has 0 bridgehead atoms. The number of aliphatic hydroxyl groups is 1. The van der Waals surface area contributed by atoms with Crippen LogP contribution in [0.2, 0.25) is 5.02 Å². The maximum Gasteiger partial charge on any atom is 0.165 e. The first-order valence-electron chi connectivity index (χ1n) is 10.0. The van der Waals surface area contributed by atoms with Gasteiger partial charge in [0.25, 0.3) is 0 Å². The van der Waals surface area contributed by atoms with Gasteiger partial charge < -0.3 is 5.11 Å². The number of Topliss-reactive ketones (excluding diaryl/α,β-unsaturated/α-hetero) is 1. The molecule has 0 amide bonds. The average molecular weight is 383 g/mol. The van der Waals surface area contributed by atoms with Crippen molar-refractivity contribution in [1.29, 1.82) is 0 Å². The Morgan fingerprint density at radius 1 is 1.23 bits per heavy atom. The third kappa shape index (κ3) is 7.40. The molecular formula is C23H39ClO2. The van der Waals surface area contributed by atoms with E-state index in [0.717, 1.165) is 29.0 Å². The first-order valence-corrected chi connectivity index (χ1v) is 10.4. The molecule has 1 aliphatic carbocycles. The Hall–Kier alpha value is -0.860. The van der Waals surface area contributed by atoms with Crippen LogP contribution in [-0.4, -0.2) is 16.5 Å². The van der Waals surface area contributed by atoms with Crippen LogP contribution < -0.4 is 0 Å². The van der Waals surface area contributed by atoms with E-state index >= 15 is 0 Å². The molecule has 2 rings (SSSR count). The quantitative estimate of drug-likeness (QED) is 0.563. The molecule has 1 aliphatic rings. The van der Waals surface area contributed by atoms with E-state index in [4.69, 9.17) is 11.6 Å². The lowest BCUT2D eigenvalue weighted by atomic mass is 9.89. The Morgan fingerprint density at radius 2 is 1.73 bits per heavy atom. The predicted molar refractivity (Wildman–Crippen MR) is 114 cm³/mol. The molecule has 2 nitrogen and oxygen atoms in total. The monoisotopic (exact) mass is 382 g/mol. The molecule has 0 heterocycles. The lowest BCUT2D eigenvalue weighted by Crippen LogP contribution is -2.29. The number of benzene rings is 1. The van der Waals surface area contributed by atoms with Crippen molar-refractivity contribution in [3.63, 3.8) is 0 Å². The van der Waals surface area contributed by atoms with Crippen LogP contribution in [0.5, 0.6) is 0 Å². The van der Waals surface area contributed by atoms with E-state index in [2.05, 4.69) is 13.8 Å². The molecule has 1 N–H and O–H groups in total. The molecule has 0 aromatic heterocycles. The minimum absolute atomic E-state index is 0.0208. The number of ketones is 1. The maximum absolute atomic E-state index is 12.0. The van der Waals surface area contributed by atoms with E-state index < -0.39 is 5.60 Å². The van der Waals surface area contributed by atoms with E-state index in [9.17, 15) is 9.90 Å². The minimum Gasteiger partial charge on any atom is -0.390 e. The molecule has 0 spiro atoms. The van der Waals surface area contributed by atoms with Crippen LogP contribution in [0.25, 0.3) is 0 Å². The van der Waals surface area contributed by atoms with Crippen LogP contribution in [0.4, 0.5) is 0 Å². The van der Waals surface area contributed by atoms with Crippen LogP contribution in [0.15, 0.2) is 12.1 Å². The van der Waals surface area contributed by atoms with Crippen LogP contribution in [0.1, 0.15) is 89.7 Å². The van der Waals surface area contributed by atoms with E-state index in [1.807, 2.05) is 60.6 Å². The molecule has 0 aliphatic heterocycles. The van der Waals surface area contributed by atoms with Gasteiger partial charge in [0.1, 0.15) is 0 Å². The van der Waals surface area contributed by atoms with Gasteiger partial charge in [0.05, 0.1) is 5.60 Å². The van der Waals surface area contributed by atoms with Gasteiger partial charge in [-0.1, -0.05) is 59.2 Å². The van der Waals surface area contributed by atoms with Gasteiger partial charge in [-0.05, 0) is 69.1 Å². The van der Waals surface area contributed by atoms with Crippen molar-refractivity contribution in [2.24, 2.45) is 17.8 Å². The Morgan fingerprint density at radius 3 is 2.04 bits per heavy atom. The standard InChI is InChI=1S/C13H17ClO.C8H16O.C2H6/c1-5-10-6-7-11(14)9(4)12(10)13(15)8(2)3;1-6(7-4-5-7)8(2,3)9;1-2/h6-8H,5H2,1-4H3;6-7,9H,4-5H2,1-3H3;1-2H3. The van der Waals surface area contributed by atoms with Crippen molar-refractivity contribution < 1.29 is 9.90 Å². The highest BCUT2D eigenvalue weighted by Gasteiger charge is 2.36. The zero-order chi connectivity index (χ0) is 20.7. The lowest BCUT2D eigenvalue weighted by molar-refractivity contribution is 0.0155. The summed E-state index contributed by atoms with van der Waals surface area (Å²) in [6, 6.07) is 3.82. The zero-order valence-corrected chi connectivity index (χ0v) is 19.0. The van der Waals surface area contributed by atoms with Crippen molar-refractivity contribution in [3.8, 4) is 0 Å². The first-order chi connectivity index (χ1) is 12.0. The molecule has 3 heteroatoms. The summed E-state index contributed by atoms with van der Waals surface area (Å²) in [5.74, 6) is 1.50. The molecule has 1 atom stereocenters. The van der Waals surface area contributed by atoms with Crippen LogP contribution in [0, 0.1) is 24.7 Å². The van der Waals surface area contributed by atoms with Crippen molar-refractivity contribution in [2.75, 3.05) is 0 Å². The van der Waals surface area contributed by atoms with Crippen molar-refractivity contribution in [3.05, 3.63) is 33.8 Å². The summed E-state index contributed by atoms with van der Waals surface area (Å²) in [6.45, 7) is 17.7. The summed E-state index contributed by atoms with van der Waals surface area (Å²) in [6.07, 6.45) is 3.52. The van der Waals surface area contributed by atoms with E-state index in [1.165, 1.54) is 12.8 Å². The summed E-state index contributed by atoms with van der Waals surface area (Å²) < 4.78 is 0. The Labute approximate surface area is 166 Å². The predicted octanol–water partition coefficient (Wildman–Crippen LogP) is 6.88. The molecule has 1 saturated carbocycles. The molecule has 1 fully saturated rings. The first kappa shape index (κ1) is 25.1. The van der Waals surface area contributed by atoms with Crippen LogP contribution in [0.3, 0.4) is 0 Å². The number of halogens is 1. The number of hydrogen-bond acceptors (Lipinski definition) is 2. The second-order valence-corrected chi connectivity index (χ2v) is 8.27. The number of aryl methyl sites for hydroxylation is 1. The fourth-order valence-electron chi connectivity index (χ4n) is 2.84. The minimum atomic E-state index is -0.457. The number of carbonyl (C=O) groups excluding carboxylic acids is 1. The van der Waals surface area contributed by atoms with E-state index in [1.54, 1.807) is 0 Å². The third-order valence-corrected chi connectivity index (χ3v) is 5.49. The summed E-state index contributed by atoms with van der Waals surface area (Å²) in [7, 11) is 0. The second kappa shape index (κ2) is 11.1. The maximum atomic E-state index is 12.0. The summed E-state index contributed by atoms with van der Waals surface area (Å²) in [5, 5.41) is 10.2. The molecular weight excluding hydrogens is 344 g/mol. The van der Waals surface area contributed by atoms with Crippen molar-refractivity contribution in [1.82, 2.24) is 0 Å². The van der Waals surface area contributed by atoms with Gasteiger partial charge in [-0.25, -0.2) is 0 Å². The Balaban J connectivity index is 0.000000484. The van der Waals surface area contributed by atoms with E-state index in [0.29, 0.717) is 10.9 Å². The topological polar surface area (TPSA) is 37.3 Å². The highest BCUT2D eigenvalue weighted by Crippen LogP contribution is 2.41. The zero-order valence-electron chi connectivity index (χ0n) is 18.2. The van der Waals surface area contributed by atoms with Gasteiger partial charge in [0, 0.05) is 16.5 Å². The van der Waals surface area contributed by atoms with Gasteiger partial charge in [-0.2, -0.15) is 0 Å². The Bertz CT molecular complexity index is 566. The second-order valence-electron chi connectivity index (χ2n) is 7.86. The summed E-state index contributed by atoms with van der Waals surface area (Å²) in [5.41, 5.74) is 2.37. The highest BCUT2D eigenvalue weighted by atomic mass is 35.5. The smallest absolute Gasteiger partial charge is 0.165 e.